The molecule has 0 spiro atoms. The number of nitrogens with zero attached hydrogens (tertiary/aromatic N) is 5. The van der Waals surface area contributed by atoms with Gasteiger partial charge in [0.15, 0.2) is 5.65 Å². The Morgan fingerprint density at radius 2 is 2.07 bits per heavy atom. The van der Waals surface area contributed by atoms with Crippen LogP contribution in [0.3, 0.4) is 0 Å². The van der Waals surface area contributed by atoms with Gasteiger partial charge in [-0.2, -0.15) is 5.26 Å². The van der Waals surface area contributed by atoms with E-state index >= 15 is 0 Å². The number of H-pyrrole nitrogens is 1. The SMILES string of the molecule is Cc1cc(N2CCC(C(O)c3ncc[nH]3)CC2)n2c(nc3ccccc32)c1C#N. The minimum absolute atomic E-state index is 0.173. The first-order chi connectivity index (χ1) is 14.2. The second-order valence-corrected chi connectivity index (χ2v) is 7.68. The molecule has 1 atom stereocenters. The summed E-state index contributed by atoms with van der Waals surface area (Å²) in [5.41, 5.74) is 4.16. The molecule has 0 amide bonds. The maximum absolute atomic E-state index is 10.6. The minimum Gasteiger partial charge on any atom is -0.385 e. The van der Waals surface area contributed by atoms with Crippen LogP contribution in [0.1, 0.15) is 35.9 Å². The van der Waals surface area contributed by atoms with Crippen LogP contribution >= 0.6 is 0 Å². The number of rotatable bonds is 3. The van der Waals surface area contributed by atoms with Crippen LogP contribution in [0.25, 0.3) is 16.7 Å². The maximum Gasteiger partial charge on any atom is 0.157 e. The van der Waals surface area contributed by atoms with E-state index in [1.807, 2.05) is 31.2 Å². The normalized spacial score (nSPS) is 16.4. The van der Waals surface area contributed by atoms with E-state index < -0.39 is 6.10 Å². The lowest BCUT2D eigenvalue weighted by atomic mass is 9.90. The van der Waals surface area contributed by atoms with Gasteiger partial charge in [-0.05, 0) is 49.4 Å². The third-order valence-electron chi connectivity index (χ3n) is 5.97. The lowest BCUT2D eigenvalue weighted by molar-refractivity contribution is 0.0856. The summed E-state index contributed by atoms with van der Waals surface area (Å²) < 4.78 is 2.10. The number of pyridine rings is 1. The molecule has 146 valence electrons. The van der Waals surface area contributed by atoms with Crippen molar-refractivity contribution in [1.82, 2.24) is 19.4 Å². The number of aliphatic hydroxyl groups excluding tert-OH is 1. The minimum atomic E-state index is -0.566. The number of nitriles is 1. The Kier molecular flexibility index (Phi) is 4.22. The van der Waals surface area contributed by atoms with Crippen molar-refractivity contribution in [3.63, 3.8) is 0 Å². The first-order valence-electron chi connectivity index (χ1n) is 9.90. The predicted octanol–water partition coefficient (Wildman–Crippen LogP) is 3.34. The molecular weight excluding hydrogens is 364 g/mol. The second kappa shape index (κ2) is 6.90. The third kappa shape index (κ3) is 2.84. The zero-order valence-electron chi connectivity index (χ0n) is 16.2. The van der Waals surface area contributed by atoms with Crippen LogP contribution in [-0.4, -0.2) is 37.5 Å². The van der Waals surface area contributed by atoms with Crippen molar-refractivity contribution < 1.29 is 5.11 Å². The summed E-state index contributed by atoms with van der Waals surface area (Å²) in [4.78, 5) is 14.3. The average molecular weight is 386 g/mol. The molecular formula is C22H22N6O. The summed E-state index contributed by atoms with van der Waals surface area (Å²) in [6.45, 7) is 3.62. The number of fused-ring (bicyclic) bond motifs is 3. The molecule has 1 unspecified atom stereocenters. The predicted molar refractivity (Wildman–Crippen MR) is 111 cm³/mol. The molecule has 1 aromatic carbocycles. The number of aromatic amines is 1. The van der Waals surface area contributed by atoms with Crippen molar-refractivity contribution in [3.05, 3.63) is 59.7 Å². The van der Waals surface area contributed by atoms with Crippen LogP contribution in [0.2, 0.25) is 0 Å². The molecule has 1 saturated heterocycles. The number of hydrogen-bond acceptors (Lipinski definition) is 5. The molecule has 1 fully saturated rings. The van der Waals surface area contributed by atoms with Gasteiger partial charge in [-0.3, -0.25) is 4.40 Å². The number of piperidine rings is 1. The number of anilines is 1. The van der Waals surface area contributed by atoms with Crippen molar-refractivity contribution >= 4 is 22.5 Å². The number of para-hydroxylation sites is 2. The summed E-state index contributed by atoms with van der Waals surface area (Å²) in [6.07, 6.45) is 4.59. The molecule has 3 aromatic heterocycles. The number of benzene rings is 1. The van der Waals surface area contributed by atoms with Gasteiger partial charge in [0.1, 0.15) is 23.8 Å². The smallest absolute Gasteiger partial charge is 0.157 e. The molecule has 5 rings (SSSR count). The highest BCUT2D eigenvalue weighted by molar-refractivity contribution is 5.85. The van der Waals surface area contributed by atoms with E-state index in [0.29, 0.717) is 17.0 Å². The molecule has 0 aliphatic carbocycles. The van der Waals surface area contributed by atoms with Crippen LogP contribution in [0.5, 0.6) is 0 Å². The van der Waals surface area contributed by atoms with Crippen LogP contribution in [0.15, 0.2) is 42.7 Å². The molecule has 1 aliphatic rings. The molecule has 0 bridgehead atoms. The lowest BCUT2D eigenvalue weighted by Gasteiger charge is -2.35. The fourth-order valence-electron chi connectivity index (χ4n) is 4.41. The van der Waals surface area contributed by atoms with Crippen LogP contribution < -0.4 is 4.90 Å². The van der Waals surface area contributed by atoms with Gasteiger partial charge in [0.25, 0.3) is 0 Å². The van der Waals surface area contributed by atoms with Gasteiger partial charge in [0, 0.05) is 25.5 Å². The average Bonchev–Trinajstić information content (AvgIpc) is 3.41. The zero-order chi connectivity index (χ0) is 20.0. The third-order valence-corrected chi connectivity index (χ3v) is 5.97. The van der Waals surface area contributed by atoms with Crippen LogP contribution in [0, 0.1) is 24.2 Å². The number of aryl methyl sites for hydroxylation is 1. The van der Waals surface area contributed by atoms with Crippen molar-refractivity contribution in [2.24, 2.45) is 5.92 Å². The van der Waals surface area contributed by atoms with Gasteiger partial charge >= 0.3 is 0 Å². The molecule has 7 heteroatoms. The topological polar surface area (TPSA) is 93.2 Å². The summed E-state index contributed by atoms with van der Waals surface area (Å²) in [7, 11) is 0. The van der Waals surface area contributed by atoms with Crippen molar-refractivity contribution in [3.8, 4) is 6.07 Å². The summed E-state index contributed by atoms with van der Waals surface area (Å²) >= 11 is 0. The summed E-state index contributed by atoms with van der Waals surface area (Å²) in [5, 5.41) is 20.3. The van der Waals surface area contributed by atoms with Crippen molar-refractivity contribution in [2.45, 2.75) is 25.9 Å². The Balaban J connectivity index is 1.52. The van der Waals surface area contributed by atoms with Gasteiger partial charge in [0.2, 0.25) is 0 Å². The lowest BCUT2D eigenvalue weighted by Crippen LogP contribution is -2.37. The Morgan fingerprint density at radius 3 is 2.79 bits per heavy atom. The van der Waals surface area contributed by atoms with Gasteiger partial charge in [0.05, 0.1) is 16.6 Å². The molecule has 2 N–H and O–H groups in total. The standard InChI is InChI=1S/C22H22N6O/c1-14-12-19(27-10-6-15(7-11-27)20(29)21-24-8-9-25-21)28-18-5-3-2-4-17(18)26-22(28)16(14)13-23/h2-5,8-9,12,15,20,29H,6-7,10-11H2,1H3,(H,24,25). The van der Waals surface area contributed by atoms with E-state index in [1.165, 1.54) is 0 Å². The highest BCUT2D eigenvalue weighted by Gasteiger charge is 2.29. The van der Waals surface area contributed by atoms with Crippen LogP contribution in [0.4, 0.5) is 5.82 Å². The number of imidazole rings is 2. The first-order valence-corrected chi connectivity index (χ1v) is 9.90. The summed E-state index contributed by atoms with van der Waals surface area (Å²) in [6, 6.07) is 12.4. The highest BCUT2D eigenvalue weighted by atomic mass is 16.3. The van der Waals surface area contributed by atoms with E-state index in [0.717, 1.165) is 48.3 Å². The number of aromatic nitrogens is 4. The van der Waals surface area contributed by atoms with E-state index in [1.54, 1.807) is 12.4 Å². The van der Waals surface area contributed by atoms with E-state index in [9.17, 15) is 10.4 Å². The maximum atomic E-state index is 10.6. The molecule has 29 heavy (non-hydrogen) atoms. The quantitative estimate of drug-likeness (QED) is 0.563. The van der Waals surface area contributed by atoms with Gasteiger partial charge in [-0.25, -0.2) is 9.97 Å². The molecule has 7 nitrogen and oxygen atoms in total. The molecule has 4 heterocycles. The van der Waals surface area contributed by atoms with Crippen molar-refractivity contribution in [2.75, 3.05) is 18.0 Å². The van der Waals surface area contributed by atoms with E-state index in [-0.39, 0.29) is 5.92 Å². The zero-order valence-corrected chi connectivity index (χ0v) is 16.2. The molecule has 0 saturated carbocycles. The largest absolute Gasteiger partial charge is 0.385 e. The Labute approximate surface area is 168 Å². The van der Waals surface area contributed by atoms with E-state index in [2.05, 4.69) is 31.4 Å². The van der Waals surface area contributed by atoms with Gasteiger partial charge in [-0.15, -0.1) is 0 Å². The molecule has 1 aliphatic heterocycles. The Hall–Kier alpha value is -3.37. The molecule has 4 aromatic rings. The number of hydrogen-bond donors (Lipinski definition) is 2. The second-order valence-electron chi connectivity index (χ2n) is 7.68. The summed E-state index contributed by atoms with van der Waals surface area (Å²) in [5.74, 6) is 1.86. The Morgan fingerprint density at radius 1 is 1.28 bits per heavy atom. The number of nitrogens with one attached hydrogen (secondary N) is 1. The first kappa shape index (κ1) is 17.7. The molecule has 0 radical (unpaired) electrons. The van der Waals surface area contributed by atoms with Gasteiger partial charge < -0.3 is 15.0 Å². The van der Waals surface area contributed by atoms with Crippen LogP contribution in [-0.2, 0) is 0 Å². The highest BCUT2D eigenvalue weighted by Crippen LogP contribution is 2.34. The van der Waals surface area contributed by atoms with Crippen molar-refractivity contribution in [1.29, 1.82) is 5.26 Å². The van der Waals surface area contributed by atoms with E-state index in [4.69, 9.17) is 4.98 Å². The van der Waals surface area contributed by atoms with Gasteiger partial charge in [-0.1, -0.05) is 12.1 Å². The number of aliphatic hydroxyl groups is 1. The fraction of sp³-hybridized carbons (Fsp3) is 0.318. The monoisotopic (exact) mass is 386 g/mol. The Bertz CT molecular complexity index is 1210. The fourth-order valence-corrected chi connectivity index (χ4v) is 4.41.